The number of carbonyl (C=O) groups is 4. The molecule has 0 saturated carbocycles. The van der Waals surface area contributed by atoms with Crippen LogP contribution in [-0.2, 0) is 14.3 Å². The van der Waals surface area contributed by atoms with Crippen molar-refractivity contribution >= 4 is 96.6 Å². The van der Waals surface area contributed by atoms with E-state index < -0.39 is 27.7 Å². The standard InChI is InChI=1S/C28H44ClN3O3Si.C16H25ClN2Si.C12H20ClNO3/c1-18(2)36(19(3)4,20(5)6)32-15-12-22-25(23(29)17-30-26(22)32)24(33)16-21-10-13-31(14-11-21)27(34)35-28(7,8)9;1-11(2)20(12(3)4,13(5)6)19-8-7-14-9-15(17)10-18-16(14)19;1-12(2,3)17-11(16)14-6-4-9(5-7-14)8-10(13)15/h12,15,17-21H,10-11,13-14,16H2,1-9H3;7-13H,1-6H3;9H,4-8H2,1-3H3. The average Bonchev–Trinajstić information content (AvgIpc) is 3.87. The molecule has 2 fully saturated rings. The van der Waals surface area contributed by atoms with Crippen LogP contribution in [-0.4, -0.2) is 105 Å². The van der Waals surface area contributed by atoms with Gasteiger partial charge >= 0.3 is 12.2 Å². The van der Waals surface area contributed by atoms with Crippen molar-refractivity contribution in [2.24, 2.45) is 11.8 Å². The summed E-state index contributed by atoms with van der Waals surface area (Å²) < 4.78 is 15.7. The lowest BCUT2D eigenvalue weighted by molar-refractivity contribution is -0.112. The van der Waals surface area contributed by atoms with Crippen LogP contribution < -0.4 is 0 Å². The molecule has 4 aromatic rings. The summed E-state index contributed by atoms with van der Waals surface area (Å²) in [5.41, 5.74) is 5.13. The first-order valence-electron chi connectivity index (χ1n) is 26.8. The number of aromatic nitrogens is 4. The number of amides is 2. The molecule has 0 radical (unpaired) electrons. The van der Waals surface area contributed by atoms with Gasteiger partial charge in [-0.25, -0.2) is 19.6 Å². The average molecular weight is 1100 g/mol. The SMILES string of the molecule is CC(C)(C)OC(=O)N1CCC(CC(=O)Cl)CC1.CC(C)[Si](C(C)C)(C(C)C)n1ccc2c(C(=O)CC3CCN(C(=O)OC(C)(C)C)CC3)c(Cl)cnc21.CC(C)[Si](C(C)C)(C(C)C)n1ccc2cc(Cl)cnc21. The maximum atomic E-state index is 13.6. The van der Waals surface area contributed by atoms with E-state index in [0.29, 0.717) is 93.8 Å². The van der Waals surface area contributed by atoms with Gasteiger partial charge in [0.05, 0.1) is 10.0 Å². The molecule has 2 amide bonds. The molecule has 0 aromatic carbocycles. The zero-order valence-electron chi connectivity index (χ0n) is 47.5. The van der Waals surface area contributed by atoms with E-state index in [1.54, 1.807) is 22.2 Å². The summed E-state index contributed by atoms with van der Waals surface area (Å²) in [6.45, 7) is 41.8. The molecular weight excluding hydrogens is 1020 g/mol. The fourth-order valence-corrected chi connectivity index (χ4v) is 26.3. The number of ether oxygens (including phenoxy) is 2. The zero-order valence-corrected chi connectivity index (χ0v) is 51.8. The Morgan fingerprint density at radius 3 is 1.38 bits per heavy atom. The number of Topliss-reactive ketones (excluding diaryl/α,β-unsaturated/α-hetero) is 1. The molecule has 0 N–H and O–H groups in total. The van der Waals surface area contributed by atoms with Crippen LogP contribution in [0.2, 0.25) is 43.3 Å². The van der Waals surface area contributed by atoms with Crippen LogP contribution in [0.25, 0.3) is 22.1 Å². The Balaban J connectivity index is 0.000000262. The van der Waals surface area contributed by atoms with Gasteiger partial charge in [0.25, 0.3) is 0 Å². The van der Waals surface area contributed by atoms with E-state index >= 15 is 0 Å². The molecular formula is C56H89Cl3N6O6Si2. The molecule has 0 spiro atoms. The fraction of sp³-hybridized carbons (Fsp3) is 0.679. The summed E-state index contributed by atoms with van der Waals surface area (Å²) in [5.74, 6) is 0.582. The van der Waals surface area contributed by atoms with Gasteiger partial charge in [-0.2, -0.15) is 0 Å². The molecule has 17 heteroatoms. The van der Waals surface area contributed by atoms with Crippen LogP contribution in [0.15, 0.2) is 43.0 Å². The van der Waals surface area contributed by atoms with E-state index in [9.17, 15) is 19.2 Å². The van der Waals surface area contributed by atoms with Crippen LogP contribution in [0.1, 0.15) is 174 Å². The maximum absolute atomic E-state index is 13.6. The summed E-state index contributed by atoms with van der Waals surface area (Å²) >= 11 is 18.0. The lowest BCUT2D eigenvalue weighted by Crippen LogP contribution is -2.51. The number of halogens is 3. The lowest BCUT2D eigenvalue weighted by atomic mass is 9.89. The largest absolute Gasteiger partial charge is 0.444 e. The number of pyridine rings is 2. The Kier molecular flexibility index (Phi) is 21.8. The number of piperidine rings is 2. The number of hydrogen-bond donors (Lipinski definition) is 0. The van der Waals surface area contributed by atoms with E-state index in [0.717, 1.165) is 47.8 Å². The predicted octanol–water partition coefficient (Wildman–Crippen LogP) is 16.4. The summed E-state index contributed by atoms with van der Waals surface area (Å²) in [4.78, 5) is 61.3. The molecule has 0 aliphatic carbocycles. The van der Waals surface area contributed by atoms with Gasteiger partial charge in [0.15, 0.2) is 22.3 Å². The molecule has 2 aliphatic heterocycles. The van der Waals surface area contributed by atoms with E-state index in [1.807, 2.05) is 53.7 Å². The van der Waals surface area contributed by atoms with Gasteiger partial charge < -0.3 is 27.7 Å². The normalized spacial score (nSPS) is 15.7. The highest BCUT2D eigenvalue weighted by atomic mass is 35.5. The van der Waals surface area contributed by atoms with Crippen LogP contribution in [0.3, 0.4) is 0 Å². The van der Waals surface area contributed by atoms with Crippen LogP contribution in [0.4, 0.5) is 9.59 Å². The highest BCUT2D eigenvalue weighted by Crippen LogP contribution is 2.46. The quantitative estimate of drug-likeness (QED) is 0.0735. The second kappa shape index (κ2) is 25.6. The zero-order chi connectivity index (χ0) is 55.1. The Hall–Kier alpha value is -3.44. The second-order valence-corrected chi connectivity index (χ2v) is 37.1. The fourth-order valence-electron chi connectivity index (χ4n) is 12.5. The van der Waals surface area contributed by atoms with Gasteiger partial charge in [0, 0.05) is 67.8 Å². The highest BCUT2D eigenvalue weighted by Gasteiger charge is 2.47. The Morgan fingerprint density at radius 2 is 0.986 bits per heavy atom. The number of likely N-dealkylation sites (tertiary alicyclic amines) is 2. The van der Waals surface area contributed by atoms with Crippen molar-refractivity contribution in [3.63, 3.8) is 0 Å². The minimum Gasteiger partial charge on any atom is -0.444 e. The van der Waals surface area contributed by atoms with Gasteiger partial charge in [-0.05, 0) is 155 Å². The van der Waals surface area contributed by atoms with Gasteiger partial charge in [0.1, 0.15) is 22.5 Å². The number of carbonyl (C=O) groups excluding carboxylic acids is 4. The number of fused-ring (bicyclic) bond motifs is 2. The lowest BCUT2D eigenvalue weighted by Gasteiger charge is -2.44. The van der Waals surface area contributed by atoms with Crippen molar-refractivity contribution in [3.8, 4) is 0 Å². The van der Waals surface area contributed by atoms with Crippen molar-refractivity contribution < 1.29 is 28.7 Å². The molecule has 2 saturated heterocycles. The van der Waals surface area contributed by atoms with Gasteiger partial charge in [-0.1, -0.05) is 106 Å². The van der Waals surface area contributed by atoms with Crippen molar-refractivity contribution in [3.05, 3.63) is 58.6 Å². The number of rotatable bonds is 13. The third-order valence-electron chi connectivity index (χ3n) is 15.3. The van der Waals surface area contributed by atoms with Crippen molar-refractivity contribution in [1.29, 1.82) is 0 Å². The predicted molar refractivity (Wildman–Crippen MR) is 308 cm³/mol. The summed E-state index contributed by atoms with van der Waals surface area (Å²) in [6, 6.07) is 6.21. The van der Waals surface area contributed by atoms with Crippen molar-refractivity contribution in [2.75, 3.05) is 26.2 Å². The first-order chi connectivity index (χ1) is 33.8. The molecule has 0 unspecified atom stereocenters. The van der Waals surface area contributed by atoms with Crippen molar-refractivity contribution in [2.45, 2.75) is 208 Å². The molecule has 0 bridgehead atoms. The summed E-state index contributed by atoms with van der Waals surface area (Å²) in [5, 5.41) is 2.85. The third kappa shape index (κ3) is 14.9. The Bertz CT molecular complexity index is 2450. The number of ketones is 1. The van der Waals surface area contributed by atoms with Gasteiger partial charge in [-0.3, -0.25) is 9.59 Å². The van der Waals surface area contributed by atoms with E-state index in [4.69, 9.17) is 49.3 Å². The smallest absolute Gasteiger partial charge is 0.410 e. The maximum Gasteiger partial charge on any atom is 0.410 e. The van der Waals surface area contributed by atoms with Crippen LogP contribution >= 0.6 is 34.8 Å². The number of hydrogen-bond acceptors (Lipinski definition) is 8. The van der Waals surface area contributed by atoms with Gasteiger partial charge in [0.2, 0.25) is 5.24 Å². The van der Waals surface area contributed by atoms with E-state index in [2.05, 4.69) is 115 Å². The molecule has 73 heavy (non-hydrogen) atoms. The van der Waals surface area contributed by atoms with Gasteiger partial charge in [-0.15, -0.1) is 0 Å². The second-order valence-electron chi connectivity index (χ2n) is 24.4. The van der Waals surface area contributed by atoms with E-state index in [-0.39, 0.29) is 29.1 Å². The molecule has 2 aliphatic rings. The minimum absolute atomic E-state index is 0.0618. The topological polar surface area (TPSA) is 129 Å². The summed E-state index contributed by atoms with van der Waals surface area (Å²) in [7, 11) is -3.74. The molecule has 4 aromatic heterocycles. The first kappa shape index (κ1) is 62.1. The molecule has 0 atom stereocenters. The van der Waals surface area contributed by atoms with Crippen molar-refractivity contribution in [1.82, 2.24) is 28.2 Å². The molecule has 6 heterocycles. The monoisotopic (exact) mass is 1100 g/mol. The Labute approximate surface area is 455 Å². The molecule has 6 rings (SSSR count). The van der Waals surface area contributed by atoms with E-state index in [1.165, 1.54) is 0 Å². The number of nitrogens with zero attached hydrogens (tertiary/aromatic N) is 6. The first-order valence-corrected chi connectivity index (χ1v) is 32.2. The Morgan fingerprint density at radius 1 is 0.603 bits per heavy atom. The van der Waals surface area contributed by atoms with Crippen LogP contribution in [0.5, 0.6) is 0 Å². The third-order valence-corrected chi connectivity index (χ3v) is 29.4. The van der Waals surface area contributed by atoms with Crippen LogP contribution in [0, 0.1) is 11.8 Å². The molecule has 12 nitrogen and oxygen atoms in total. The highest BCUT2D eigenvalue weighted by molar-refractivity contribution is 6.83. The summed E-state index contributed by atoms with van der Waals surface area (Å²) in [6.07, 6.45) is 11.3. The minimum atomic E-state index is -2.02. The molecule has 408 valence electrons.